The number of carbonyl (C=O) groups is 1. The second-order valence-corrected chi connectivity index (χ2v) is 6.11. The van der Waals surface area contributed by atoms with E-state index in [2.05, 4.69) is 5.32 Å². The van der Waals surface area contributed by atoms with Crippen molar-refractivity contribution in [2.24, 2.45) is 0 Å². The lowest BCUT2D eigenvalue weighted by atomic mass is 9.87. The van der Waals surface area contributed by atoms with E-state index in [1.807, 2.05) is 4.90 Å². The molecule has 1 heterocycles. The largest absolute Gasteiger partial charge is 0.387 e. The van der Waals surface area contributed by atoms with Gasteiger partial charge in [-0.15, -0.1) is 0 Å². The van der Waals surface area contributed by atoms with E-state index < -0.39 is 17.7 Å². The first kappa shape index (κ1) is 15.4. The van der Waals surface area contributed by atoms with Crippen molar-refractivity contribution in [3.05, 3.63) is 35.4 Å². The summed E-state index contributed by atoms with van der Waals surface area (Å²) in [6, 6.07) is 3.75. The molecule has 1 saturated heterocycles. The quantitative estimate of drug-likeness (QED) is 0.894. The number of halogens is 2. The van der Waals surface area contributed by atoms with E-state index >= 15 is 0 Å². The van der Waals surface area contributed by atoms with Crippen LogP contribution in [0.4, 0.5) is 8.78 Å². The number of aliphatic hydroxyl groups excluding tert-OH is 1. The molecule has 22 heavy (non-hydrogen) atoms. The molecule has 0 radical (unpaired) electrons. The Labute approximate surface area is 128 Å². The average molecular weight is 310 g/mol. The third-order valence-corrected chi connectivity index (χ3v) is 4.63. The molecular formula is C16H20F2N2O2. The van der Waals surface area contributed by atoms with Crippen LogP contribution in [-0.2, 0) is 4.79 Å². The van der Waals surface area contributed by atoms with Gasteiger partial charge in [0.05, 0.1) is 18.2 Å². The summed E-state index contributed by atoms with van der Waals surface area (Å²) in [4.78, 5) is 13.7. The van der Waals surface area contributed by atoms with E-state index in [1.165, 1.54) is 6.07 Å². The topological polar surface area (TPSA) is 52.6 Å². The van der Waals surface area contributed by atoms with E-state index in [1.54, 1.807) is 0 Å². The van der Waals surface area contributed by atoms with Gasteiger partial charge in [0, 0.05) is 18.6 Å². The minimum absolute atomic E-state index is 0.0619. The van der Waals surface area contributed by atoms with Gasteiger partial charge in [0.15, 0.2) is 0 Å². The monoisotopic (exact) mass is 310 g/mol. The van der Waals surface area contributed by atoms with E-state index in [0.717, 1.165) is 37.8 Å². The fraction of sp³-hybridized carbons (Fsp3) is 0.562. The van der Waals surface area contributed by atoms with Crippen LogP contribution in [0, 0.1) is 11.6 Å². The maximum absolute atomic E-state index is 13.8. The molecule has 3 rings (SSSR count). The number of piperazine rings is 1. The highest BCUT2D eigenvalue weighted by molar-refractivity contribution is 5.79. The zero-order valence-corrected chi connectivity index (χ0v) is 12.3. The number of β-amino-alcohol motifs (C(OH)–C–C–N with tert-alkyl or cyclic N) is 1. The highest BCUT2D eigenvalue weighted by atomic mass is 19.1. The van der Waals surface area contributed by atoms with Crippen molar-refractivity contribution in [3.63, 3.8) is 0 Å². The Morgan fingerprint density at radius 3 is 2.68 bits per heavy atom. The zero-order valence-electron chi connectivity index (χ0n) is 12.3. The van der Waals surface area contributed by atoms with Gasteiger partial charge in [-0.1, -0.05) is 18.9 Å². The Hall–Kier alpha value is -1.53. The number of benzene rings is 1. The minimum atomic E-state index is -1.28. The van der Waals surface area contributed by atoms with Gasteiger partial charge >= 0.3 is 0 Å². The van der Waals surface area contributed by atoms with Crippen LogP contribution in [0.25, 0.3) is 0 Å². The van der Waals surface area contributed by atoms with Gasteiger partial charge in [-0.05, 0) is 25.0 Å². The highest BCUT2D eigenvalue weighted by Gasteiger charge is 2.37. The fourth-order valence-electron chi connectivity index (χ4n) is 3.61. The van der Waals surface area contributed by atoms with Gasteiger partial charge in [-0.25, -0.2) is 8.78 Å². The molecule has 2 N–H and O–H groups in total. The zero-order chi connectivity index (χ0) is 15.7. The van der Waals surface area contributed by atoms with Crippen LogP contribution < -0.4 is 5.32 Å². The second kappa shape index (κ2) is 6.30. The molecule has 6 heteroatoms. The summed E-state index contributed by atoms with van der Waals surface area (Å²) in [6.45, 7) is 0.223. The molecule has 1 aromatic rings. The Bertz CT molecular complexity index is 547. The van der Waals surface area contributed by atoms with Crippen molar-refractivity contribution < 1.29 is 18.7 Å². The predicted molar refractivity (Wildman–Crippen MR) is 77.1 cm³/mol. The van der Waals surface area contributed by atoms with Gasteiger partial charge in [-0.3, -0.25) is 9.69 Å². The first-order chi connectivity index (χ1) is 10.6. The maximum atomic E-state index is 13.8. The molecular weight excluding hydrogens is 290 g/mol. The van der Waals surface area contributed by atoms with Gasteiger partial charge < -0.3 is 10.4 Å². The van der Waals surface area contributed by atoms with E-state index in [9.17, 15) is 18.7 Å². The summed E-state index contributed by atoms with van der Waals surface area (Å²) < 4.78 is 27.5. The standard InChI is InChI=1S/C16H20F2N2O2/c17-10-4-3-5-11(18)16(10)14(21)8-20-9-15(22)19-12-6-1-2-7-13(12)20/h3-5,12-14,21H,1-2,6-9H2,(H,19,22). The van der Waals surface area contributed by atoms with Crippen molar-refractivity contribution in [1.29, 1.82) is 0 Å². The summed E-state index contributed by atoms with van der Waals surface area (Å²) in [6.07, 6.45) is 2.70. The summed E-state index contributed by atoms with van der Waals surface area (Å²) >= 11 is 0. The number of hydrogen-bond donors (Lipinski definition) is 2. The van der Waals surface area contributed by atoms with Crippen LogP contribution in [0.15, 0.2) is 18.2 Å². The SMILES string of the molecule is O=C1CN(CC(O)c2c(F)cccc2F)C2CCCCC2N1. The smallest absolute Gasteiger partial charge is 0.234 e. The lowest BCUT2D eigenvalue weighted by molar-refractivity contribution is -0.129. The first-order valence-electron chi connectivity index (χ1n) is 7.71. The molecule has 2 aliphatic rings. The number of rotatable bonds is 3. The van der Waals surface area contributed by atoms with Crippen LogP contribution in [0.1, 0.15) is 37.4 Å². The number of hydrogen-bond acceptors (Lipinski definition) is 3. The average Bonchev–Trinajstić information content (AvgIpc) is 2.46. The van der Waals surface area contributed by atoms with E-state index in [4.69, 9.17) is 0 Å². The van der Waals surface area contributed by atoms with Gasteiger partial charge in [-0.2, -0.15) is 0 Å². The number of fused-ring (bicyclic) bond motifs is 1. The molecule has 1 aliphatic heterocycles. The van der Waals surface area contributed by atoms with Crippen molar-refractivity contribution in [2.75, 3.05) is 13.1 Å². The predicted octanol–water partition coefficient (Wildman–Crippen LogP) is 1.74. The Balaban J connectivity index is 1.77. The molecule has 4 nitrogen and oxygen atoms in total. The molecule has 1 aromatic carbocycles. The molecule has 3 unspecified atom stereocenters. The summed E-state index contributed by atoms with van der Waals surface area (Å²) in [5, 5.41) is 13.2. The molecule has 0 bridgehead atoms. The lowest BCUT2D eigenvalue weighted by Gasteiger charge is -2.44. The number of nitrogens with one attached hydrogen (secondary N) is 1. The second-order valence-electron chi connectivity index (χ2n) is 6.11. The van der Waals surface area contributed by atoms with Crippen molar-refractivity contribution in [3.8, 4) is 0 Å². The number of aliphatic hydroxyl groups is 1. The van der Waals surface area contributed by atoms with Gasteiger partial charge in [0.2, 0.25) is 5.91 Å². The van der Waals surface area contributed by atoms with Crippen LogP contribution in [0.3, 0.4) is 0 Å². The molecule has 1 aliphatic carbocycles. The Morgan fingerprint density at radius 2 is 1.95 bits per heavy atom. The molecule has 120 valence electrons. The van der Waals surface area contributed by atoms with Gasteiger partial charge in [0.1, 0.15) is 11.6 Å². The first-order valence-corrected chi connectivity index (χ1v) is 7.71. The minimum Gasteiger partial charge on any atom is -0.387 e. The molecule has 1 saturated carbocycles. The Kier molecular flexibility index (Phi) is 4.40. The van der Waals surface area contributed by atoms with Crippen LogP contribution in [0.5, 0.6) is 0 Å². The van der Waals surface area contributed by atoms with E-state index in [-0.39, 0.29) is 36.6 Å². The van der Waals surface area contributed by atoms with Crippen molar-refractivity contribution >= 4 is 5.91 Å². The third-order valence-electron chi connectivity index (χ3n) is 4.63. The highest BCUT2D eigenvalue weighted by Crippen LogP contribution is 2.28. The lowest BCUT2D eigenvalue weighted by Crippen LogP contribution is -2.62. The molecule has 2 fully saturated rings. The number of amides is 1. The normalized spacial score (nSPS) is 27.1. The van der Waals surface area contributed by atoms with E-state index in [0.29, 0.717) is 0 Å². The van der Waals surface area contributed by atoms with Crippen LogP contribution in [-0.4, -0.2) is 41.1 Å². The van der Waals surface area contributed by atoms with Crippen LogP contribution in [0.2, 0.25) is 0 Å². The van der Waals surface area contributed by atoms with Crippen molar-refractivity contribution in [1.82, 2.24) is 10.2 Å². The maximum Gasteiger partial charge on any atom is 0.234 e. The summed E-state index contributed by atoms with van der Waals surface area (Å²) in [7, 11) is 0. The summed E-state index contributed by atoms with van der Waals surface area (Å²) in [5.41, 5.74) is -0.319. The summed E-state index contributed by atoms with van der Waals surface area (Å²) in [5.74, 6) is -1.60. The number of carbonyl (C=O) groups excluding carboxylic acids is 1. The molecule has 0 spiro atoms. The van der Waals surface area contributed by atoms with Crippen molar-refractivity contribution in [2.45, 2.75) is 43.9 Å². The third kappa shape index (κ3) is 2.98. The molecule has 3 atom stereocenters. The molecule has 0 aromatic heterocycles. The fourth-order valence-corrected chi connectivity index (χ4v) is 3.61. The van der Waals surface area contributed by atoms with Gasteiger partial charge in [0.25, 0.3) is 0 Å². The Morgan fingerprint density at radius 1 is 1.27 bits per heavy atom. The number of nitrogens with zero attached hydrogens (tertiary/aromatic N) is 1. The molecule has 1 amide bonds. The van der Waals surface area contributed by atoms with Crippen LogP contribution >= 0.6 is 0 Å².